The molecular formula is C18H19ClN2O5S. The smallest absolute Gasteiger partial charge is 0.255 e. The average molecular weight is 411 g/mol. The maximum Gasteiger partial charge on any atom is 0.255 e. The molecule has 0 spiro atoms. The minimum absolute atomic E-state index is 0.126. The van der Waals surface area contributed by atoms with E-state index < -0.39 is 15.9 Å². The van der Waals surface area contributed by atoms with Crippen LogP contribution in [0.5, 0.6) is 11.5 Å². The van der Waals surface area contributed by atoms with Gasteiger partial charge in [-0.25, -0.2) is 8.42 Å². The number of carbonyl (C=O) groups excluding carboxylic acids is 1. The zero-order valence-corrected chi connectivity index (χ0v) is 16.4. The number of amides is 1. The third kappa shape index (κ3) is 4.12. The minimum atomic E-state index is -3.29. The van der Waals surface area contributed by atoms with Crippen LogP contribution in [0.3, 0.4) is 0 Å². The van der Waals surface area contributed by atoms with Crippen molar-refractivity contribution in [1.82, 2.24) is 0 Å². The lowest BCUT2D eigenvalue weighted by atomic mass is 10.1. The van der Waals surface area contributed by atoms with Crippen LogP contribution >= 0.6 is 11.6 Å². The highest BCUT2D eigenvalue weighted by atomic mass is 35.5. The van der Waals surface area contributed by atoms with E-state index in [0.717, 1.165) is 0 Å². The van der Waals surface area contributed by atoms with Crippen molar-refractivity contribution in [3.05, 3.63) is 47.0 Å². The van der Waals surface area contributed by atoms with E-state index in [1.54, 1.807) is 30.3 Å². The van der Waals surface area contributed by atoms with Crippen LogP contribution in [0, 0.1) is 0 Å². The molecule has 1 fully saturated rings. The molecule has 0 saturated carbocycles. The zero-order chi connectivity index (χ0) is 19.6. The molecule has 7 nitrogen and oxygen atoms in total. The van der Waals surface area contributed by atoms with Crippen molar-refractivity contribution in [3.8, 4) is 11.5 Å². The number of carbonyl (C=O) groups is 1. The Morgan fingerprint density at radius 3 is 2.30 bits per heavy atom. The summed E-state index contributed by atoms with van der Waals surface area (Å²) in [6.07, 6.45) is 0.579. The molecule has 2 aromatic rings. The number of hydrogen-bond donors (Lipinski definition) is 1. The van der Waals surface area contributed by atoms with E-state index in [4.69, 9.17) is 21.1 Å². The van der Waals surface area contributed by atoms with E-state index in [-0.39, 0.29) is 10.8 Å². The fourth-order valence-electron chi connectivity index (χ4n) is 2.82. The van der Waals surface area contributed by atoms with Crippen LogP contribution in [0.25, 0.3) is 0 Å². The molecule has 0 radical (unpaired) electrons. The number of benzene rings is 2. The van der Waals surface area contributed by atoms with Crippen molar-refractivity contribution >= 4 is 38.9 Å². The molecule has 0 bridgehead atoms. The Balaban J connectivity index is 1.83. The van der Waals surface area contributed by atoms with Crippen molar-refractivity contribution in [1.29, 1.82) is 0 Å². The van der Waals surface area contributed by atoms with E-state index in [1.807, 2.05) is 0 Å². The van der Waals surface area contributed by atoms with Gasteiger partial charge in [0.1, 0.15) is 11.5 Å². The van der Waals surface area contributed by atoms with Gasteiger partial charge < -0.3 is 14.8 Å². The van der Waals surface area contributed by atoms with Gasteiger partial charge in [-0.3, -0.25) is 9.10 Å². The average Bonchev–Trinajstić information content (AvgIpc) is 3.01. The van der Waals surface area contributed by atoms with Crippen molar-refractivity contribution in [3.63, 3.8) is 0 Å². The topological polar surface area (TPSA) is 84.9 Å². The van der Waals surface area contributed by atoms with Gasteiger partial charge in [-0.05, 0) is 36.8 Å². The highest BCUT2D eigenvalue weighted by Crippen LogP contribution is 2.32. The van der Waals surface area contributed by atoms with E-state index in [0.29, 0.717) is 41.4 Å². The molecule has 1 saturated heterocycles. The predicted molar refractivity (Wildman–Crippen MR) is 105 cm³/mol. The summed E-state index contributed by atoms with van der Waals surface area (Å²) in [7, 11) is -0.295. The van der Waals surface area contributed by atoms with Gasteiger partial charge in [0.15, 0.2) is 0 Å². The van der Waals surface area contributed by atoms with Crippen molar-refractivity contribution < 1.29 is 22.7 Å². The minimum Gasteiger partial charge on any atom is -0.497 e. The van der Waals surface area contributed by atoms with Crippen LogP contribution in [-0.4, -0.2) is 40.8 Å². The summed E-state index contributed by atoms with van der Waals surface area (Å²) in [5.41, 5.74) is 1.20. The standard InChI is InChI=1S/C18H19ClN2O5S/c1-25-14-8-12(9-15(11-14)26-2)18(22)20-17-5-4-13(10-16(17)19)21-6-3-7-27(21,23)24/h4-5,8-11H,3,6-7H2,1-2H3,(H,20,22). The Kier molecular flexibility index (Phi) is 5.48. The number of nitrogens with one attached hydrogen (secondary N) is 1. The van der Waals surface area contributed by atoms with Gasteiger partial charge in [0.05, 0.1) is 36.4 Å². The summed E-state index contributed by atoms with van der Waals surface area (Å²) < 4.78 is 35.7. The summed E-state index contributed by atoms with van der Waals surface area (Å²) in [5, 5.41) is 2.97. The van der Waals surface area contributed by atoms with Gasteiger partial charge in [0.2, 0.25) is 10.0 Å². The maximum atomic E-state index is 12.6. The van der Waals surface area contributed by atoms with Crippen LogP contribution < -0.4 is 19.1 Å². The van der Waals surface area contributed by atoms with Crippen LogP contribution in [-0.2, 0) is 10.0 Å². The first kappa shape index (κ1) is 19.3. The Morgan fingerprint density at radius 1 is 1.11 bits per heavy atom. The Morgan fingerprint density at radius 2 is 1.78 bits per heavy atom. The molecule has 1 N–H and O–H groups in total. The summed E-state index contributed by atoms with van der Waals surface area (Å²) in [5.74, 6) is 0.705. The summed E-state index contributed by atoms with van der Waals surface area (Å²) in [6.45, 7) is 0.425. The summed E-state index contributed by atoms with van der Waals surface area (Å²) >= 11 is 6.26. The quantitative estimate of drug-likeness (QED) is 0.818. The van der Waals surface area contributed by atoms with E-state index in [2.05, 4.69) is 5.32 Å². The normalized spacial score (nSPS) is 15.4. The molecule has 3 rings (SSSR count). The van der Waals surface area contributed by atoms with Gasteiger partial charge in [-0.2, -0.15) is 0 Å². The summed E-state index contributed by atoms with van der Waals surface area (Å²) in [4.78, 5) is 12.6. The number of hydrogen-bond acceptors (Lipinski definition) is 5. The molecule has 1 aliphatic heterocycles. The Labute approximate surface area is 162 Å². The highest BCUT2D eigenvalue weighted by Gasteiger charge is 2.28. The molecule has 1 amide bonds. The largest absolute Gasteiger partial charge is 0.497 e. The van der Waals surface area contributed by atoms with E-state index in [9.17, 15) is 13.2 Å². The molecule has 0 aromatic heterocycles. The fraction of sp³-hybridized carbons (Fsp3) is 0.278. The van der Waals surface area contributed by atoms with Crippen molar-refractivity contribution in [2.75, 3.05) is 36.1 Å². The number of methoxy groups -OCH3 is 2. The number of ether oxygens (including phenoxy) is 2. The number of nitrogens with zero attached hydrogens (tertiary/aromatic N) is 1. The third-order valence-corrected chi connectivity index (χ3v) is 6.38. The lowest BCUT2D eigenvalue weighted by Gasteiger charge is -2.18. The second-order valence-electron chi connectivity index (χ2n) is 5.96. The predicted octanol–water partition coefficient (Wildman–Crippen LogP) is 3.15. The molecule has 144 valence electrons. The first-order valence-electron chi connectivity index (χ1n) is 8.18. The van der Waals surface area contributed by atoms with Gasteiger partial charge in [0, 0.05) is 18.2 Å². The molecule has 1 aliphatic rings. The van der Waals surface area contributed by atoms with Crippen molar-refractivity contribution in [2.24, 2.45) is 0 Å². The van der Waals surface area contributed by atoms with Crippen LogP contribution in [0.15, 0.2) is 36.4 Å². The molecule has 0 aliphatic carbocycles. The lowest BCUT2D eigenvalue weighted by Crippen LogP contribution is -2.25. The molecule has 2 aromatic carbocycles. The fourth-order valence-corrected chi connectivity index (χ4v) is 4.60. The van der Waals surface area contributed by atoms with Gasteiger partial charge >= 0.3 is 0 Å². The monoisotopic (exact) mass is 410 g/mol. The Bertz CT molecular complexity index is 955. The van der Waals surface area contributed by atoms with Crippen molar-refractivity contribution in [2.45, 2.75) is 6.42 Å². The molecule has 1 heterocycles. The SMILES string of the molecule is COc1cc(OC)cc(C(=O)Nc2ccc(N3CCCS3(=O)=O)cc2Cl)c1. The molecule has 27 heavy (non-hydrogen) atoms. The number of rotatable bonds is 5. The maximum absolute atomic E-state index is 12.6. The second kappa shape index (κ2) is 7.66. The Hall–Kier alpha value is -2.45. The van der Waals surface area contributed by atoms with E-state index in [1.165, 1.54) is 24.6 Å². The number of anilines is 2. The van der Waals surface area contributed by atoms with Crippen LogP contribution in [0.2, 0.25) is 5.02 Å². The van der Waals surface area contributed by atoms with Gasteiger partial charge in [-0.15, -0.1) is 0 Å². The van der Waals surface area contributed by atoms with Crippen LogP contribution in [0.4, 0.5) is 11.4 Å². The number of halogens is 1. The zero-order valence-electron chi connectivity index (χ0n) is 14.9. The molecule has 0 atom stereocenters. The van der Waals surface area contributed by atoms with Gasteiger partial charge in [-0.1, -0.05) is 11.6 Å². The first-order chi connectivity index (χ1) is 12.8. The van der Waals surface area contributed by atoms with Crippen LogP contribution in [0.1, 0.15) is 16.8 Å². The molecule has 9 heteroatoms. The summed E-state index contributed by atoms with van der Waals surface area (Å²) in [6, 6.07) is 9.56. The third-order valence-electron chi connectivity index (χ3n) is 4.20. The lowest BCUT2D eigenvalue weighted by molar-refractivity contribution is 0.102. The second-order valence-corrected chi connectivity index (χ2v) is 8.38. The number of sulfonamides is 1. The molecule has 0 unspecified atom stereocenters. The molecular weight excluding hydrogens is 392 g/mol. The first-order valence-corrected chi connectivity index (χ1v) is 10.2. The van der Waals surface area contributed by atoms with Gasteiger partial charge in [0.25, 0.3) is 5.91 Å². The highest BCUT2D eigenvalue weighted by molar-refractivity contribution is 7.93. The van der Waals surface area contributed by atoms with E-state index >= 15 is 0 Å².